The molecule has 2 aromatic rings. The van der Waals surface area contributed by atoms with Crippen LogP contribution < -0.4 is 0 Å². The number of aromatic nitrogens is 2. The van der Waals surface area contributed by atoms with Crippen LogP contribution in [-0.2, 0) is 19.0 Å². The lowest BCUT2D eigenvalue weighted by Crippen LogP contribution is -2.27. The Hall–Kier alpha value is -2.67. The number of benzene rings is 1. The molecule has 0 N–H and O–H groups in total. The Morgan fingerprint density at radius 1 is 1.27 bits per heavy atom. The first kappa shape index (κ1) is 18.1. The molecule has 26 heavy (non-hydrogen) atoms. The Balaban J connectivity index is 1.61. The summed E-state index contributed by atoms with van der Waals surface area (Å²) in [6.07, 6.45) is 4.61. The van der Waals surface area contributed by atoms with Crippen molar-refractivity contribution in [2.45, 2.75) is 31.4 Å². The molecule has 1 heterocycles. The van der Waals surface area contributed by atoms with Crippen molar-refractivity contribution in [1.29, 1.82) is 0 Å². The van der Waals surface area contributed by atoms with E-state index in [-0.39, 0.29) is 19.3 Å². The summed E-state index contributed by atoms with van der Waals surface area (Å²) in [5, 5.41) is 0. The normalized spacial score (nSPS) is 15.9. The topological polar surface area (TPSA) is 79.7 Å². The van der Waals surface area contributed by atoms with Gasteiger partial charge in [-0.3, -0.25) is 0 Å². The summed E-state index contributed by atoms with van der Waals surface area (Å²) < 4.78 is 17.3. The van der Waals surface area contributed by atoms with Crippen LogP contribution in [0.1, 0.15) is 41.9 Å². The van der Waals surface area contributed by atoms with Gasteiger partial charge in [-0.25, -0.2) is 14.6 Å². The van der Waals surface area contributed by atoms with Crippen molar-refractivity contribution in [2.75, 3.05) is 20.3 Å². The molecule has 1 aliphatic rings. The lowest BCUT2D eigenvalue weighted by Gasteiger charge is -2.18. The minimum atomic E-state index is -0.570. The van der Waals surface area contributed by atoms with Crippen molar-refractivity contribution in [3.05, 3.63) is 54.1 Å². The number of methoxy groups -OCH3 is 1. The quantitative estimate of drug-likeness (QED) is 0.674. The van der Waals surface area contributed by atoms with Gasteiger partial charge in [-0.05, 0) is 25.3 Å². The smallest absolute Gasteiger partial charge is 0.356 e. The van der Waals surface area contributed by atoms with Crippen LogP contribution in [0.25, 0.3) is 0 Å². The molecular weight excluding hydrogens is 336 g/mol. The predicted molar refractivity (Wildman–Crippen MR) is 92.7 cm³/mol. The number of carbonyl (C=O) groups is 2. The van der Waals surface area contributed by atoms with Crippen molar-refractivity contribution in [1.82, 2.24) is 9.55 Å². The fourth-order valence-corrected chi connectivity index (χ4v) is 2.68. The van der Waals surface area contributed by atoms with Gasteiger partial charge >= 0.3 is 11.9 Å². The molecule has 1 aromatic heterocycles. The van der Waals surface area contributed by atoms with Crippen LogP contribution in [0.5, 0.6) is 0 Å². The molecule has 0 aliphatic heterocycles. The molecule has 1 aromatic carbocycles. The molecule has 1 fully saturated rings. The van der Waals surface area contributed by atoms with Crippen LogP contribution in [0.15, 0.2) is 42.9 Å². The van der Waals surface area contributed by atoms with E-state index >= 15 is 0 Å². The summed E-state index contributed by atoms with van der Waals surface area (Å²) in [7, 11) is 1.31. The highest BCUT2D eigenvalue weighted by molar-refractivity contribution is 5.87. The first-order chi connectivity index (χ1) is 12.5. The van der Waals surface area contributed by atoms with E-state index in [9.17, 15) is 9.59 Å². The molecule has 0 saturated heterocycles. The minimum absolute atomic E-state index is 0.0493. The molecule has 1 aliphatic carbocycles. The molecule has 0 amide bonds. The molecule has 0 spiro atoms. The van der Waals surface area contributed by atoms with Crippen LogP contribution in [-0.4, -0.2) is 47.4 Å². The Labute approximate surface area is 151 Å². The fraction of sp³-hybridized carbons (Fsp3) is 0.421. The standard InChI is InChI=1S/C19H22N2O5/c1-14(15-6-4-3-5-7-15)21-13-20-10-16(21)18(23)25-12-19(8-9-19)26-11-17(22)24-2/h3-7,10,13-14H,8-9,11-12H2,1-2H3. The van der Waals surface area contributed by atoms with Gasteiger partial charge in [0.25, 0.3) is 0 Å². The maximum absolute atomic E-state index is 12.5. The summed E-state index contributed by atoms with van der Waals surface area (Å²) in [4.78, 5) is 27.8. The van der Waals surface area contributed by atoms with E-state index in [1.165, 1.54) is 13.3 Å². The number of nitrogens with zero attached hydrogens (tertiary/aromatic N) is 2. The van der Waals surface area contributed by atoms with E-state index in [0.717, 1.165) is 18.4 Å². The number of esters is 2. The van der Waals surface area contributed by atoms with Crippen molar-refractivity contribution in [3.8, 4) is 0 Å². The van der Waals surface area contributed by atoms with Crippen molar-refractivity contribution in [3.63, 3.8) is 0 Å². The van der Waals surface area contributed by atoms with Gasteiger partial charge in [0.1, 0.15) is 24.5 Å². The molecule has 0 radical (unpaired) electrons. The number of hydrogen-bond acceptors (Lipinski definition) is 6. The van der Waals surface area contributed by atoms with Gasteiger partial charge < -0.3 is 18.8 Å². The van der Waals surface area contributed by atoms with E-state index in [1.54, 1.807) is 10.9 Å². The van der Waals surface area contributed by atoms with Crippen molar-refractivity contribution < 1.29 is 23.8 Å². The molecular formula is C19H22N2O5. The summed E-state index contributed by atoms with van der Waals surface area (Å²) in [5.74, 6) is -0.907. The summed E-state index contributed by atoms with van der Waals surface area (Å²) in [6.45, 7) is 1.96. The monoisotopic (exact) mass is 358 g/mol. The SMILES string of the molecule is COC(=O)COC1(COC(=O)c2cncn2C(C)c2ccccc2)CC1. The average molecular weight is 358 g/mol. The largest absolute Gasteiger partial charge is 0.467 e. The number of imidazole rings is 1. The zero-order chi connectivity index (χ0) is 18.6. The molecule has 7 nitrogen and oxygen atoms in total. The predicted octanol–water partition coefficient (Wildman–Crippen LogP) is 2.37. The number of rotatable bonds is 8. The minimum Gasteiger partial charge on any atom is -0.467 e. The Morgan fingerprint density at radius 3 is 2.65 bits per heavy atom. The lowest BCUT2D eigenvalue weighted by atomic mass is 10.1. The van der Waals surface area contributed by atoms with Crippen molar-refractivity contribution >= 4 is 11.9 Å². The number of ether oxygens (including phenoxy) is 3. The average Bonchev–Trinajstić information content (AvgIpc) is 3.28. The summed E-state index contributed by atoms with van der Waals surface area (Å²) in [6, 6.07) is 9.81. The first-order valence-corrected chi connectivity index (χ1v) is 8.49. The van der Waals surface area contributed by atoms with Gasteiger partial charge in [-0.15, -0.1) is 0 Å². The number of carbonyl (C=O) groups excluding carboxylic acids is 2. The Kier molecular flexibility index (Phi) is 5.37. The van der Waals surface area contributed by atoms with Crippen LogP contribution in [0, 0.1) is 0 Å². The second kappa shape index (κ2) is 7.70. The zero-order valence-electron chi connectivity index (χ0n) is 14.9. The zero-order valence-corrected chi connectivity index (χ0v) is 14.9. The molecule has 3 rings (SSSR count). The van der Waals surface area contributed by atoms with Gasteiger partial charge in [0.15, 0.2) is 0 Å². The van der Waals surface area contributed by atoms with Crippen LogP contribution in [0.3, 0.4) is 0 Å². The molecule has 138 valence electrons. The molecule has 7 heteroatoms. The van der Waals surface area contributed by atoms with Crippen LogP contribution in [0.2, 0.25) is 0 Å². The third-order valence-corrected chi connectivity index (χ3v) is 4.57. The molecule has 1 atom stereocenters. The van der Waals surface area contributed by atoms with Gasteiger partial charge in [-0.2, -0.15) is 0 Å². The van der Waals surface area contributed by atoms with E-state index in [0.29, 0.717) is 5.69 Å². The van der Waals surface area contributed by atoms with Crippen LogP contribution >= 0.6 is 0 Å². The highest BCUT2D eigenvalue weighted by Crippen LogP contribution is 2.40. The first-order valence-electron chi connectivity index (χ1n) is 8.49. The third-order valence-electron chi connectivity index (χ3n) is 4.57. The molecule has 1 saturated carbocycles. The van der Waals surface area contributed by atoms with Gasteiger partial charge in [0, 0.05) is 0 Å². The lowest BCUT2D eigenvalue weighted by molar-refractivity contribution is -0.150. The number of hydrogen-bond donors (Lipinski definition) is 0. The molecule has 0 bridgehead atoms. The Morgan fingerprint density at radius 2 is 2.00 bits per heavy atom. The van der Waals surface area contributed by atoms with E-state index in [4.69, 9.17) is 9.47 Å². The van der Waals surface area contributed by atoms with Crippen molar-refractivity contribution in [2.24, 2.45) is 0 Å². The third kappa shape index (κ3) is 4.11. The summed E-state index contributed by atoms with van der Waals surface area (Å²) in [5.41, 5.74) is 0.879. The highest BCUT2D eigenvalue weighted by atomic mass is 16.6. The van der Waals surface area contributed by atoms with E-state index < -0.39 is 17.5 Å². The second-order valence-electron chi connectivity index (χ2n) is 6.40. The highest BCUT2D eigenvalue weighted by Gasteiger charge is 2.46. The van der Waals surface area contributed by atoms with Gasteiger partial charge in [0.05, 0.1) is 25.7 Å². The van der Waals surface area contributed by atoms with Gasteiger partial charge in [0.2, 0.25) is 0 Å². The van der Waals surface area contributed by atoms with E-state index in [2.05, 4.69) is 9.72 Å². The van der Waals surface area contributed by atoms with Gasteiger partial charge in [-0.1, -0.05) is 30.3 Å². The second-order valence-corrected chi connectivity index (χ2v) is 6.40. The van der Waals surface area contributed by atoms with E-state index in [1.807, 2.05) is 37.3 Å². The fourth-order valence-electron chi connectivity index (χ4n) is 2.68. The maximum Gasteiger partial charge on any atom is 0.356 e. The Bertz CT molecular complexity index is 767. The maximum atomic E-state index is 12.5. The summed E-state index contributed by atoms with van der Waals surface area (Å²) >= 11 is 0. The van der Waals surface area contributed by atoms with Crippen LogP contribution in [0.4, 0.5) is 0 Å². The molecule has 1 unspecified atom stereocenters.